The molecule has 0 fully saturated rings. The van der Waals surface area contributed by atoms with Gasteiger partial charge in [-0.25, -0.2) is 0 Å². The van der Waals surface area contributed by atoms with Gasteiger partial charge in [0.1, 0.15) is 0 Å². The van der Waals surface area contributed by atoms with E-state index in [1.165, 1.54) is 0 Å². The molecule has 2 aromatic carbocycles. The van der Waals surface area contributed by atoms with Crippen molar-refractivity contribution < 1.29 is 4.79 Å². The molecule has 0 aliphatic rings. The van der Waals surface area contributed by atoms with Crippen molar-refractivity contribution in [2.45, 2.75) is 26.2 Å². The SMILES string of the molecule is Cc1cc(N)c(NC(=O)C(C)(C)c2ccccc2)c(Br)c1. The first-order valence-corrected chi connectivity index (χ1v) is 7.54. The number of halogens is 1. The molecule has 0 saturated heterocycles. The summed E-state index contributed by atoms with van der Waals surface area (Å²) in [5, 5.41) is 2.93. The van der Waals surface area contributed by atoms with Crippen LogP contribution in [0.25, 0.3) is 0 Å². The molecular formula is C17H19BrN2O. The molecule has 3 nitrogen and oxygen atoms in total. The van der Waals surface area contributed by atoms with Gasteiger partial charge in [0.15, 0.2) is 0 Å². The Morgan fingerprint density at radius 2 is 1.81 bits per heavy atom. The summed E-state index contributed by atoms with van der Waals surface area (Å²) >= 11 is 3.45. The standard InChI is InChI=1S/C17H19BrN2O/c1-11-9-13(18)15(14(19)10-11)20-16(21)17(2,3)12-7-5-4-6-8-12/h4-10H,19H2,1-3H3,(H,20,21). The van der Waals surface area contributed by atoms with E-state index in [2.05, 4.69) is 21.2 Å². The molecule has 110 valence electrons. The number of rotatable bonds is 3. The molecule has 21 heavy (non-hydrogen) atoms. The maximum absolute atomic E-state index is 12.6. The van der Waals surface area contributed by atoms with Gasteiger partial charge in [-0.05, 0) is 60.0 Å². The Balaban J connectivity index is 2.30. The molecule has 0 saturated carbocycles. The first-order valence-electron chi connectivity index (χ1n) is 6.75. The normalized spacial score (nSPS) is 11.2. The quantitative estimate of drug-likeness (QED) is 0.816. The molecule has 0 aliphatic heterocycles. The van der Waals surface area contributed by atoms with Crippen LogP contribution in [0.2, 0.25) is 0 Å². The number of aryl methyl sites for hydroxylation is 1. The Labute approximate surface area is 133 Å². The van der Waals surface area contributed by atoms with Gasteiger partial charge in [0.05, 0.1) is 16.8 Å². The van der Waals surface area contributed by atoms with E-state index >= 15 is 0 Å². The fourth-order valence-corrected chi connectivity index (χ4v) is 2.85. The number of carbonyl (C=O) groups is 1. The van der Waals surface area contributed by atoms with Gasteiger partial charge >= 0.3 is 0 Å². The fourth-order valence-electron chi connectivity index (χ4n) is 2.16. The lowest BCUT2D eigenvalue weighted by Gasteiger charge is -2.25. The second-order valence-electron chi connectivity index (χ2n) is 5.66. The molecule has 0 heterocycles. The number of hydrogen-bond donors (Lipinski definition) is 2. The van der Waals surface area contributed by atoms with E-state index in [0.717, 1.165) is 15.6 Å². The smallest absolute Gasteiger partial charge is 0.234 e. The van der Waals surface area contributed by atoms with Gasteiger partial charge in [0, 0.05) is 4.47 Å². The molecule has 2 rings (SSSR count). The van der Waals surface area contributed by atoms with Crippen molar-refractivity contribution in [3.63, 3.8) is 0 Å². The predicted octanol–water partition coefficient (Wildman–Crippen LogP) is 4.26. The minimum Gasteiger partial charge on any atom is -0.397 e. The van der Waals surface area contributed by atoms with E-state index < -0.39 is 5.41 Å². The summed E-state index contributed by atoms with van der Waals surface area (Å²) in [5.74, 6) is -0.0926. The number of benzene rings is 2. The van der Waals surface area contributed by atoms with Crippen LogP contribution in [-0.2, 0) is 10.2 Å². The highest BCUT2D eigenvalue weighted by Crippen LogP contribution is 2.32. The van der Waals surface area contributed by atoms with E-state index in [-0.39, 0.29) is 5.91 Å². The average Bonchev–Trinajstić information content (AvgIpc) is 2.43. The first-order chi connectivity index (χ1) is 9.82. The third-order valence-electron chi connectivity index (χ3n) is 3.57. The van der Waals surface area contributed by atoms with E-state index in [4.69, 9.17) is 5.73 Å². The van der Waals surface area contributed by atoms with E-state index in [1.54, 1.807) is 0 Å². The van der Waals surface area contributed by atoms with Gasteiger partial charge in [-0.1, -0.05) is 30.3 Å². The summed E-state index contributed by atoms with van der Waals surface area (Å²) in [6, 6.07) is 13.5. The number of carbonyl (C=O) groups excluding carboxylic acids is 1. The van der Waals surface area contributed by atoms with Gasteiger partial charge < -0.3 is 11.1 Å². The highest BCUT2D eigenvalue weighted by molar-refractivity contribution is 9.10. The van der Waals surface area contributed by atoms with Crippen molar-refractivity contribution in [1.29, 1.82) is 0 Å². The lowest BCUT2D eigenvalue weighted by molar-refractivity contribution is -0.120. The van der Waals surface area contributed by atoms with Crippen LogP contribution in [-0.4, -0.2) is 5.91 Å². The number of nitrogens with two attached hydrogens (primary N) is 1. The lowest BCUT2D eigenvalue weighted by Crippen LogP contribution is -2.35. The first kappa shape index (κ1) is 15.6. The molecule has 0 aliphatic carbocycles. The Morgan fingerprint density at radius 3 is 2.38 bits per heavy atom. The number of nitrogens with one attached hydrogen (secondary N) is 1. The topological polar surface area (TPSA) is 55.1 Å². The molecule has 0 bridgehead atoms. The molecule has 0 unspecified atom stereocenters. The van der Waals surface area contributed by atoms with Crippen LogP contribution in [0.4, 0.5) is 11.4 Å². The number of nitrogen functional groups attached to an aromatic ring is 1. The second kappa shape index (κ2) is 5.90. The van der Waals surface area contributed by atoms with Crippen molar-refractivity contribution in [1.82, 2.24) is 0 Å². The van der Waals surface area contributed by atoms with Crippen LogP contribution in [0.1, 0.15) is 25.0 Å². The third kappa shape index (κ3) is 3.27. The Bertz CT molecular complexity index is 643. The van der Waals surface area contributed by atoms with Crippen molar-refractivity contribution in [2.75, 3.05) is 11.1 Å². The number of anilines is 2. The van der Waals surface area contributed by atoms with Gasteiger partial charge in [0.25, 0.3) is 0 Å². The Hall–Kier alpha value is -1.81. The molecular weight excluding hydrogens is 328 g/mol. The lowest BCUT2D eigenvalue weighted by atomic mass is 9.83. The van der Waals surface area contributed by atoms with E-state index in [9.17, 15) is 4.79 Å². The van der Waals surface area contributed by atoms with Crippen LogP contribution >= 0.6 is 15.9 Å². The third-order valence-corrected chi connectivity index (χ3v) is 4.19. The van der Waals surface area contributed by atoms with Crippen LogP contribution < -0.4 is 11.1 Å². The highest BCUT2D eigenvalue weighted by atomic mass is 79.9. The summed E-state index contributed by atoms with van der Waals surface area (Å²) in [4.78, 5) is 12.6. The zero-order valence-electron chi connectivity index (χ0n) is 12.4. The summed E-state index contributed by atoms with van der Waals surface area (Å²) in [6.07, 6.45) is 0. The molecule has 0 aromatic heterocycles. The van der Waals surface area contributed by atoms with E-state index in [1.807, 2.05) is 63.2 Å². The van der Waals surface area contributed by atoms with Crippen LogP contribution in [0, 0.1) is 6.92 Å². The minimum atomic E-state index is -0.641. The van der Waals surface area contributed by atoms with Crippen molar-refractivity contribution in [3.8, 4) is 0 Å². The summed E-state index contributed by atoms with van der Waals surface area (Å²) in [6.45, 7) is 5.76. The minimum absolute atomic E-state index is 0.0926. The van der Waals surface area contributed by atoms with Gasteiger partial charge in [-0.15, -0.1) is 0 Å². The van der Waals surface area contributed by atoms with Crippen molar-refractivity contribution in [3.05, 3.63) is 58.1 Å². The van der Waals surface area contributed by atoms with Crippen LogP contribution in [0.15, 0.2) is 46.9 Å². The van der Waals surface area contributed by atoms with Gasteiger partial charge in [0.2, 0.25) is 5.91 Å². The van der Waals surface area contributed by atoms with Gasteiger partial charge in [-0.2, -0.15) is 0 Å². The second-order valence-corrected chi connectivity index (χ2v) is 6.51. The number of hydrogen-bond acceptors (Lipinski definition) is 2. The number of amides is 1. The van der Waals surface area contributed by atoms with Gasteiger partial charge in [-0.3, -0.25) is 4.79 Å². The van der Waals surface area contributed by atoms with Crippen LogP contribution in [0.3, 0.4) is 0 Å². The molecule has 1 amide bonds. The largest absolute Gasteiger partial charge is 0.397 e. The monoisotopic (exact) mass is 346 g/mol. The molecule has 3 N–H and O–H groups in total. The Kier molecular flexibility index (Phi) is 4.37. The van der Waals surface area contributed by atoms with Crippen LogP contribution in [0.5, 0.6) is 0 Å². The zero-order chi connectivity index (χ0) is 15.6. The maximum Gasteiger partial charge on any atom is 0.234 e. The summed E-state index contributed by atoms with van der Waals surface area (Å²) in [5.41, 5.74) is 8.55. The molecule has 0 radical (unpaired) electrons. The molecule has 2 aromatic rings. The highest BCUT2D eigenvalue weighted by Gasteiger charge is 2.30. The molecule has 4 heteroatoms. The predicted molar refractivity (Wildman–Crippen MR) is 91.4 cm³/mol. The fraction of sp³-hybridized carbons (Fsp3) is 0.235. The molecule has 0 spiro atoms. The Morgan fingerprint density at radius 1 is 1.19 bits per heavy atom. The summed E-state index contributed by atoms with van der Waals surface area (Å²) in [7, 11) is 0. The maximum atomic E-state index is 12.6. The summed E-state index contributed by atoms with van der Waals surface area (Å²) < 4.78 is 0.789. The average molecular weight is 347 g/mol. The zero-order valence-corrected chi connectivity index (χ0v) is 14.0. The van der Waals surface area contributed by atoms with Crippen molar-refractivity contribution in [2.24, 2.45) is 0 Å². The van der Waals surface area contributed by atoms with Crippen molar-refractivity contribution >= 4 is 33.2 Å². The molecule has 0 atom stereocenters. The van der Waals surface area contributed by atoms with E-state index in [0.29, 0.717) is 11.4 Å².